The smallest absolute Gasteiger partial charge is 0.288 e. The van der Waals surface area contributed by atoms with Crippen LogP contribution < -0.4 is 10.2 Å². The predicted octanol–water partition coefficient (Wildman–Crippen LogP) is 2.94. The van der Waals surface area contributed by atoms with E-state index in [9.17, 15) is 13.6 Å². The molecule has 2 heterocycles. The molecule has 0 spiro atoms. The van der Waals surface area contributed by atoms with E-state index < -0.39 is 5.76 Å². The van der Waals surface area contributed by atoms with Gasteiger partial charge in [-0.05, 0) is 31.2 Å². The molecule has 0 saturated carbocycles. The Morgan fingerprint density at radius 3 is 2.44 bits per heavy atom. The van der Waals surface area contributed by atoms with Crippen LogP contribution in [-0.4, -0.2) is 58.8 Å². The first-order chi connectivity index (χ1) is 13.0. The second kappa shape index (κ2) is 9.09. The number of amides is 1. The molecular weight excluding hydrogens is 372 g/mol. The van der Waals surface area contributed by atoms with E-state index >= 15 is 0 Å². The monoisotopic (exact) mass is 393 g/mol. The van der Waals surface area contributed by atoms with Gasteiger partial charge in [-0.15, -0.1) is 0 Å². The van der Waals surface area contributed by atoms with Crippen LogP contribution in [-0.2, 0) is 4.79 Å². The Hall–Kier alpha value is -2.26. The normalized spacial score (nSPS) is 16.4. The number of benzene rings is 1. The fraction of sp³-hybridized carbons (Fsp3) is 0.389. The number of carbonyl (C=O) groups is 1. The minimum atomic E-state index is -2.45. The summed E-state index contributed by atoms with van der Waals surface area (Å²) in [6, 6.07) is 6.15. The number of halogens is 2. The van der Waals surface area contributed by atoms with E-state index in [1.54, 1.807) is 42.9 Å². The molecule has 1 N–H and O–H groups in total. The van der Waals surface area contributed by atoms with E-state index in [-0.39, 0.29) is 11.9 Å². The zero-order valence-corrected chi connectivity index (χ0v) is 15.7. The van der Waals surface area contributed by atoms with Gasteiger partial charge in [0.15, 0.2) is 0 Å². The van der Waals surface area contributed by atoms with Gasteiger partial charge >= 0.3 is 0 Å². The van der Waals surface area contributed by atoms with Gasteiger partial charge in [0.25, 0.3) is 5.76 Å². The Labute approximate surface area is 161 Å². The van der Waals surface area contributed by atoms with Gasteiger partial charge in [-0.1, -0.05) is 11.8 Å². The largest absolute Gasteiger partial charge is 0.353 e. The Balaban J connectivity index is 1.50. The van der Waals surface area contributed by atoms with Crippen molar-refractivity contribution in [2.75, 3.05) is 36.4 Å². The quantitative estimate of drug-likeness (QED) is 0.762. The topological polar surface area (TPSA) is 61.4 Å². The van der Waals surface area contributed by atoms with Gasteiger partial charge in [0.1, 0.15) is 5.82 Å². The molecule has 1 aromatic carbocycles. The highest BCUT2D eigenvalue weighted by molar-refractivity contribution is 7.99. The lowest BCUT2D eigenvalue weighted by atomic mass is 10.2. The number of nitrogens with one attached hydrogen (secondary N) is 1. The van der Waals surface area contributed by atoms with Crippen molar-refractivity contribution in [1.29, 1.82) is 0 Å². The van der Waals surface area contributed by atoms with Crippen LogP contribution in [0.25, 0.3) is 0 Å². The number of thioether (sulfide) groups is 1. The van der Waals surface area contributed by atoms with E-state index in [1.807, 2.05) is 6.92 Å². The maximum absolute atomic E-state index is 12.5. The van der Waals surface area contributed by atoms with Crippen molar-refractivity contribution in [2.24, 2.45) is 0 Å². The first kappa shape index (κ1) is 19.5. The van der Waals surface area contributed by atoms with Gasteiger partial charge in [-0.2, -0.15) is 8.78 Å². The highest BCUT2D eigenvalue weighted by atomic mass is 32.2. The number of rotatable bonds is 6. The first-order valence-corrected chi connectivity index (χ1v) is 9.51. The zero-order chi connectivity index (χ0) is 19.2. The fourth-order valence-corrected chi connectivity index (χ4v) is 3.42. The lowest BCUT2D eigenvalue weighted by molar-refractivity contribution is -0.120. The third-order valence-electron chi connectivity index (χ3n) is 4.46. The van der Waals surface area contributed by atoms with Crippen LogP contribution in [0.2, 0.25) is 0 Å². The number of nitrogens with zero attached hydrogens (tertiary/aromatic N) is 4. The molecule has 144 valence electrons. The van der Waals surface area contributed by atoms with Crippen LogP contribution in [0.5, 0.6) is 0 Å². The summed E-state index contributed by atoms with van der Waals surface area (Å²) in [4.78, 5) is 25.6. The number of aromatic nitrogens is 2. The summed E-state index contributed by atoms with van der Waals surface area (Å²) in [6.07, 6.45) is 5.05. The van der Waals surface area contributed by atoms with Crippen LogP contribution in [0.1, 0.15) is 6.92 Å². The van der Waals surface area contributed by atoms with Crippen LogP contribution in [0, 0.1) is 0 Å². The molecule has 0 aliphatic carbocycles. The molecule has 3 rings (SSSR count). The van der Waals surface area contributed by atoms with Crippen molar-refractivity contribution in [3.63, 3.8) is 0 Å². The summed E-state index contributed by atoms with van der Waals surface area (Å²) in [5, 5.41) is 2.85. The molecule has 1 fully saturated rings. The first-order valence-electron chi connectivity index (χ1n) is 8.63. The predicted molar refractivity (Wildman–Crippen MR) is 102 cm³/mol. The van der Waals surface area contributed by atoms with Crippen molar-refractivity contribution in [3.05, 3.63) is 42.9 Å². The van der Waals surface area contributed by atoms with Crippen LogP contribution in [0.15, 0.2) is 47.8 Å². The van der Waals surface area contributed by atoms with Crippen molar-refractivity contribution in [2.45, 2.75) is 23.6 Å². The van der Waals surface area contributed by atoms with Crippen LogP contribution in [0.3, 0.4) is 0 Å². The second-order valence-corrected chi connectivity index (χ2v) is 7.22. The highest BCUT2D eigenvalue weighted by Crippen LogP contribution is 2.26. The number of anilines is 2. The van der Waals surface area contributed by atoms with Crippen molar-refractivity contribution in [1.82, 2.24) is 14.9 Å². The molecule has 1 aromatic heterocycles. The summed E-state index contributed by atoms with van der Waals surface area (Å²) in [5.41, 5.74) is 0.601. The second-order valence-electron chi connectivity index (χ2n) is 6.15. The molecule has 2 aromatic rings. The maximum Gasteiger partial charge on any atom is 0.288 e. The molecule has 1 saturated heterocycles. The Bertz CT molecular complexity index is 739. The Morgan fingerprint density at radius 2 is 1.85 bits per heavy atom. The summed E-state index contributed by atoms with van der Waals surface area (Å²) in [6.45, 7) is 4.91. The molecule has 1 atom stereocenters. The molecule has 1 unspecified atom stereocenters. The van der Waals surface area contributed by atoms with E-state index in [1.165, 1.54) is 0 Å². The van der Waals surface area contributed by atoms with Gasteiger partial charge in [0.2, 0.25) is 5.91 Å². The summed E-state index contributed by atoms with van der Waals surface area (Å²) in [5.74, 6) is -1.72. The number of piperazine rings is 1. The minimum absolute atomic E-state index is 0.114. The minimum Gasteiger partial charge on any atom is -0.353 e. The number of carbonyl (C=O) groups excluding carboxylic acids is 1. The van der Waals surface area contributed by atoms with E-state index in [4.69, 9.17) is 0 Å². The van der Waals surface area contributed by atoms with E-state index in [0.717, 1.165) is 32.0 Å². The number of alkyl halides is 2. The van der Waals surface area contributed by atoms with Crippen molar-refractivity contribution >= 4 is 29.2 Å². The van der Waals surface area contributed by atoms with Gasteiger partial charge in [-0.25, -0.2) is 4.98 Å². The molecule has 1 amide bonds. The van der Waals surface area contributed by atoms with E-state index in [0.29, 0.717) is 22.3 Å². The molecule has 0 radical (unpaired) electrons. The van der Waals surface area contributed by atoms with Crippen LogP contribution in [0.4, 0.5) is 20.3 Å². The maximum atomic E-state index is 12.5. The molecule has 0 bridgehead atoms. The van der Waals surface area contributed by atoms with Crippen LogP contribution >= 0.6 is 11.8 Å². The lowest BCUT2D eigenvalue weighted by Crippen LogP contribution is -2.53. The standard InChI is InChI=1S/C18H21F2N5OS/c1-13(17(26)23-14-2-4-15(5-3-14)27-18(19)20)24-8-10-25(11-9-24)16-12-21-6-7-22-16/h2-7,12-13,18H,8-11H2,1H3,(H,23,26). The summed E-state index contributed by atoms with van der Waals surface area (Å²) in [7, 11) is 0. The molecule has 9 heteroatoms. The number of hydrogen-bond donors (Lipinski definition) is 1. The summed E-state index contributed by atoms with van der Waals surface area (Å²) >= 11 is 0.485. The van der Waals surface area contributed by atoms with Crippen molar-refractivity contribution < 1.29 is 13.6 Å². The zero-order valence-electron chi connectivity index (χ0n) is 14.9. The third-order valence-corrected chi connectivity index (χ3v) is 5.18. The SMILES string of the molecule is CC(C(=O)Nc1ccc(SC(F)F)cc1)N1CCN(c2cnccn2)CC1. The number of hydrogen-bond acceptors (Lipinski definition) is 6. The van der Waals surface area contributed by atoms with Crippen molar-refractivity contribution in [3.8, 4) is 0 Å². The van der Waals surface area contributed by atoms with Gasteiger partial charge < -0.3 is 10.2 Å². The lowest BCUT2D eigenvalue weighted by Gasteiger charge is -2.37. The molecule has 1 aliphatic rings. The molecule has 27 heavy (non-hydrogen) atoms. The van der Waals surface area contributed by atoms with E-state index in [2.05, 4.69) is 25.1 Å². The Kier molecular flexibility index (Phi) is 6.57. The molecular formula is C18H21F2N5OS. The Morgan fingerprint density at radius 1 is 1.15 bits per heavy atom. The van der Waals surface area contributed by atoms with Gasteiger partial charge in [0.05, 0.1) is 12.2 Å². The average Bonchev–Trinajstić information content (AvgIpc) is 2.69. The average molecular weight is 393 g/mol. The molecule has 6 nitrogen and oxygen atoms in total. The van der Waals surface area contributed by atoms with Gasteiger partial charge in [-0.3, -0.25) is 14.7 Å². The molecule has 1 aliphatic heterocycles. The highest BCUT2D eigenvalue weighted by Gasteiger charge is 2.26. The summed E-state index contributed by atoms with van der Waals surface area (Å²) < 4.78 is 24.7. The third kappa shape index (κ3) is 5.36. The van der Waals surface area contributed by atoms with Gasteiger partial charge in [0, 0.05) is 49.2 Å². The fourth-order valence-electron chi connectivity index (χ4n) is 2.93.